The molecule has 2 aliphatic rings. The van der Waals surface area contributed by atoms with Gasteiger partial charge in [0.2, 0.25) is 0 Å². The molecule has 8 heteroatoms. The van der Waals surface area contributed by atoms with Crippen LogP contribution in [0.1, 0.15) is 0 Å². The van der Waals surface area contributed by atoms with Crippen LogP contribution >= 0.6 is 0 Å². The summed E-state index contributed by atoms with van der Waals surface area (Å²) in [5.74, 6) is 1.75. The van der Waals surface area contributed by atoms with Gasteiger partial charge in [-0.15, -0.1) is 0 Å². The van der Waals surface area contributed by atoms with Gasteiger partial charge in [0.15, 0.2) is 19.1 Å². The van der Waals surface area contributed by atoms with Gasteiger partial charge in [0.1, 0.15) is 17.4 Å². The van der Waals surface area contributed by atoms with Crippen LogP contribution in [0.15, 0.2) is 91.3 Å². The van der Waals surface area contributed by atoms with E-state index in [-0.39, 0.29) is 12.1 Å². The van der Waals surface area contributed by atoms with E-state index < -0.39 is 6.10 Å². The minimum Gasteiger partial charge on any atom is -0.471 e. The maximum absolute atomic E-state index is 12.8. The second kappa shape index (κ2) is 8.49. The first-order valence-corrected chi connectivity index (χ1v) is 10.9. The van der Waals surface area contributed by atoms with E-state index in [0.717, 1.165) is 34.1 Å². The third-order valence-electron chi connectivity index (χ3n) is 5.72. The molecule has 2 aliphatic heterocycles. The Morgan fingerprint density at radius 1 is 0.882 bits per heavy atom. The zero-order chi connectivity index (χ0) is 22.9. The molecule has 1 amide bonds. The SMILES string of the molecule is O=C(Nc1cc(-c2ccnc(Nc3ccccc3)c2)ccn1)C1OC1N1COc2ccccc21. The molecule has 8 nitrogen and oxygen atoms in total. The fraction of sp³-hybridized carbons (Fsp3) is 0.115. The molecular formula is C26H21N5O3. The Hall–Kier alpha value is -4.43. The van der Waals surface area contributed by atoms with E-state index in [1.54, 1.807) is 12.4 Å². The highest BCUT2D eigenvalue weighted by Gasteiger charge is 2.51. The van der Waals surface area contributed by atoms with E-state index in [1.165, 1.54) is 0 Å². The van der Waals surface area contributed by atoms with Crippen LogP contribution in [0.3, 0.4) is 0 Å². The number of benzene rings is 2. The number of ether oxygens (including phenoxy) is 2. The van der Waals surface area contributed by atoms with Crippen LogP contribution in [0.2, 0.25) is 0 Å². The van der Waals surface area contributed by atoms with E-state index >= 15 is 0 Å². The monoisotopic (exact) mass is 451 g/mol. The first kappa shape index (κ1) is 20.2. The molecule has 0 radical (unpaired) electrons. The van der Waals surface area contributed by atoms with Crippen molar-refractivity contribution >= 4 is 28.9 Å². The Labute approximate surface area is 196 Å². The maximum atomic E-state index is 12.8. The fourth-order valence-corrected chi connectivity index (χ4v) is 3.99. The molecule has 1 saturated heterocycles. The van der Waals surface area contributed by atoms with Crippen LogP contribution in [-0.4, -0.2) is 34.9 Å². The summed E-state index contributed by atoms with van der Waals surface area (Å²) in [5.41, 5.74) is 3.76. The highest BCUT2D eigenvalue weighted by Crippen LogP contribution is 2.40. The molecule has 0 spiro atoms. The molecule has 2 atom stereocenters. The molecule has 2 aromatic heterocycles. The van der Waals surface area contributed by atoms with Crippen molar-refractivity contribution in [3.8, 4) is 16.9 Å². The van der Waals surface area contributed by atoms with Crippen molar-refractivity contribution in [2.45, 2.75) is 12.3 Å². The molecule has 0 saturated carbocycles. The number of anilines is 4. The van der Waals surface area contributed by atoms with Crippen molar-refractivity contribution in [3.05, 3.63) is 91.3 Å². The second-order valence-corrected chi connectivity index (χ2v) is 8.00. The highest BCUT2D eigenvalue weighted by atomic mass is 16.6. The number of nitrogens with zero attached hydrogens (tertiary/aromatic N) is 3. The van der Waals surface area contributed by atoms with Crippen molar-refractivity contribution in [3.63, 3.8) is 0 Å². The predicted molar refractivity (Wildman–Crippen MR) is 129 cm³/mol. The van der Waals surface area contributed by atoms with Crippen molar-refractivity contribution in [2.75, 3.05) is 22.3 Å². The minimum atomic E-state index is -0.581. The zero-order valence-electron chi connectivity index (χ0n) is 18.1. The first-order valence-electron chi connectivity index (χ1n) is 10.9. The smallest absolute Gasteiger partial charge is 0.259 e. The molecule has 0 aliphatic carbocycles. The Morgan fingerprint density at radius 3 is 2.41 bits per heavy atom. The summed E-state index contributed by atoms with van der Waals surface area (Å²) >= 11 is 0. The summed E-state index contributed by atoms with van der Waals surface area (Å²) in [6.07, 6.45) is 2.49. The molecule has 1 fully saturated rings. The normalized spacial score (nSPS) is 18.1. The molecular weight excluding hydrogens is 430 g/mol. The summed E-state index contributed by atoms with van der Waals surface area (Å²) < 4.78 is 11.3. The summed E-state index contributed by atoms with van der Waals surface area (Å²) in [4.78, 5) is 23.4. The van der Waals surface area contributed by atoms with Crippen molar-refractivity contribution in [1.82, 2.24) is 9.97 Å². The Bertz CT molecular complexity index is 1350. The Balaban J connectivity index is 1.13. The van der Waals surface area contributed by atoms with E-state index in [1.807, 2.05) is 83.8 Å². The average Bonchev–Trinajstić information content (AvgIpc) is 3.56. The summed E-state index contributed by atoms with van der Waals surface area (Å²) in [7, 11) is 0. The van der Waals surface area contributed by atoms with E-state index in [0.29, 0.717) is 12.5 Å². The van der Waals surface area contributed by atoms with Crippen LogP contribution in [0.4, 0.5) is 23.0 Å². The Kier molecular flexibility index (Phi) is 5.04. The van der Waals surface area contributed by atoms with Crippen molar-refractivity contribution in [2.24, 2.45) is 0 Å². The number of amides is 1. The van der Waals surface area contributed by atoms with Crippen LogP contribution < -0.4 is 20.3 Å². The third kappa shape index (κ3) is 4.02. The van der Waals surface area contributed by atoms with Gasteiger partial charge in [0, 0.05) is 18.1 Å². The van der Waals surface area contributed by atoms with Crippen LogP contribution in [0.25, 0.3) is 11.1 Å². The van der Waals surface area contributed by atoms with E-state index in [9.17, 15) is 4.79 Å². The van der Waals surface area contributed by atoms with Gasteiger partial charge in [0.05, 0.1) is 5.69 Å². The summed E-state index contributed by atoms with van der Waals surface area (Å²) in [6, 6.07) is 25.2. The van der Waals surface area contributed by atoms with E-state index in [4.69, 9.17) is 9.47 Å². The number of hydrogen-bond donors (Lipinski definition) is 2. The first-order chi connectivity index (χ1) is 16.7. The number of fused-ring (bicyclic) bond motifs is 1. The van der Waals surface area contributed by atoms with Crippen LogP contribution in [0, 0.1) is 0 Å². The lowest BCUT2D eigenvalue weighted by Gasteiger charge is -2.13. The summed E-state index contributed by atoms with van der Waals surface area (Å²) in [6.45, 7) is 0.364. The number of nitrogens with one attached hydrogen (secondary N) is 2. The number of carbonyl (C=O) groups is 1. The van der Waals surface area contributed by atoms with E-state index in [2.05, 4.69) is 20.6 Å². The van der Waals surface area contributed by atoms with Crippen LogP contribution in [0.5, 0.6) is 5.75 Å². The maximum Gasteiger partial charge on any atom is 0.259 e. The molecule has 4 heterocycles. The third-order valence-corrected chi connectivity index (χ3v) is 5.72. The zero-order valence-corrected chi connectivity index (χ0v) is 18.1. The van der Waals surface area contributed by atoms with Gasteiger partial charge in [-0.3, -0.25) is 4.79 Å². The largest absolute Gasteiger partial charge is 0.471 e. The van der Waals surface area contributed by atoms with Gasteiger partial charge in [-0.1, -0.05) is 30.3 Å². The lowest BCUT2D eigenvalue weighted by Crippen LogP contribution is -2.31. The van der Waals surface area contributed by atoms with Gasteiger partial charge in [0.25, 0.3) is 5.91 Å². The average molecular weight is 451 g/mol. The molecule has 6 rings (SSSR count). The molecule has 4 aromatic rings. The standard InChI is InChI=1S/C26H21N5O3/c32-25(24-26(34-24)31-16-33-21-9-5-4-8-20(21)31)30-23-15-18(11-13-28-23)17-10-12-27-22(14-17)29-19-6-2-1-3-7-19/h1-15,24,26H,16H2,(H,27,29)(H,28,30,32). The summed E-state index contributed by atoms with van der Waals surface area (Å²) in [5, 5.41) is 6.17. The van der Waals surface area contributed by atoms with Gasteiger partial charge in [-0.2, -0.15) is 0 Å². The number of pyridine rings is 2. The second-order valence-electron chi connectivity index (χ2n) is 8.00. The number of epoxide rings is 1. The predicted octanol–water partition coefficient (Wildman–Crippen LogP) is 4.41. The molecule has 2 N–H and O–H groups in total. The van der Waals surface area contributed by atoms with Crippen molar-refractivity contribution < 1.29 is 14.3 Å². The van der Waals surface area contributed by atoms with Crippen LogP contribution in [-0.2, 0) is 9.53 Å². The number of para-hydroxylation sites is 3. The fourth-order valence-electron chi connectivity index (χ4n) is 3.99. The lowest BCUT2D eigenvalue weighted by molar-refractivity contribution is -0.117. The molecule has 168 valence electrons. The molecule has 2 aromatic carbocycles. The van der Waals surface area contributed by atoms with Gasteiger partial charge in [-0.25, -0.2) is 9.97 Å². The number of rotatable bonds is 6. The lowest BCUT2D eigenvalue weighted by atomic mass is 10.1. The van der Waals surface area contributed by atoms with Gasteiger partial charge < -0.3 is 25.0 Å². The minimum absolute atomic E-state index is 0.236. The molecule has 0 bridgehead atoms. The van der Waals surface area contributed by atoms with Gasteiger partial charge >= 0.3 is 0 Å². The topological polar surface area (TPSA) is 91.9 Å². The molecule has 2 unspecified atom stereocenters. The number of hydrogen-bond acceptors (Lipinski definition) is 7. The van der Waals surface area contributed by atoms with Gasteiger partial charge in [-0.05, 0) is 59.7 Å². The Morgan fingerprint density at radius 2 is 1.59 bits per heavy atom. The van der Waals surface area contributed by atoms with Crippen molar-refractivity contribution in [1.29, 1.82) is 0 Å². The number of carbonyl (C=O) groups excluding carboxylic acids is 1. The molecule has 34 heavy (non-hydrogen) atoms. The number of aromatic nitrogens is 2. The highest BCUT2D eigenvalue weighted by molar-refractivity contribution is 5.96. The quantitative estimate of drug-likeness (QED) is 0.420.